The van der Waals surface area contributed by atoms with Gasteiger partial charge in [-0.05, 0) is 30.3 Å². The van der Waals surface area contributed by atoms with Gasteiger partial charge in [0.25, 0.3) is 0 Å². The monoisotopic (exact) mass is 213 g/mol. The minimum Gasteiger partial charge on any atom is -0.385 e. The maximum Gasteiger partial charge on any atom is 0.165 e. The Morgan fingerprint density at radius 1 is 1.53 bits per heavy atom. The van der Waals surface area contributed by atoms with Gasteiger partial charge in [-0.1, -0.05) is 6.92 Å². The van der Waals surface area contributed by atoms with Crippen molar-refractivity contribution in [1.82, 2.24) is 25.5 Å². The van der Waals surface area contributed by atoms with Crippen LogP contribution in [-0.2, 0) is 11.3 Å². The lowest BCUT2D eigenvalue weighted by atomic mass is 10.2. The summed E-state index contributed by atoms with van der Waals surface area (Å²) < 4.78 is 6.88. The van der Waals surface area contributed by atoms with Crippen molar-refractivity contribution >= 4 is 0 Å². The predicted molar refractivity (Wildman–Crippen MR) is 56.4 cm³/mol. The number of tetrazole rings is 1. The average Bonchev–Trinajstić information content (AvgIpc) is 2.71. The van der Waals surface area contributed by atoms with Gasteiger partial charge in [-0.15, -0.1) is 5.10 Å². The molecule has 15 heavy (non-hydrogen) atoms. The van der Waals surface area contributed by atoms with Crippen molar-refractivity contribution in [3.05, 3.63) is 5.82 Å². The molecule has 0 aliphatic carbocycles. The molecule has 1 unspecified atom stereocenters. The van der Waals surface area contributed by atoms with Crippen molar-refractivity contribution in [2.75, 3.05) is 20.3 Å². The molecule has 0 radical (unpaired) electrons. The molecule has 0 bridgehead atoms. The maximum atomic E-state index is 5.03. The zero-order valence-corrected chi connectivity index (χ0v) is 9.60. The predicted octanol–water partition coefficient (Wildman–Crippen LogP) is 0.380. The molecule has 0 aliphatic rings. The van der Waals surface area contributed by atoms with Crippen LogP contribution in [0.3, 0.4) is 0 Å². The van der Waals surface area contributed by atoms with E-state index in [0.717, 1.165) is 25.4 Å². The number of methoxy groups -OCH3 is 1. The highest BCUT2D eigenvalue weighted by molar-refractivity contribution is 4.82. The molecule has 1 aromatic rings. The van der Waals surface area contributed by atoms with Crippen LogP contribution in [0, 0.1) is 0 Å². The first-order valence-corrected chi connectivity index (χ1v) is 5.26. The van der Waals surface area contributed by atoms with Gasteiger partial charge in [-0.3, -0.25) is 0 Å². The topological polar surface area (TPSA) is 64.9 Å². The van der Waals surface area contributed by atoms with E-state index in [4.69, 9.17) is 4.74 Å². The van der Waals surface area contributed by atoms with Gasteiger partial charge in [-0.25, -0.2) is 4.68 Å². The zero-order valence-electron chi connectivity index (χ0n) is 9.60. The van der Waals surface area contributed by atoms with Gasteiger partial charge in [0.15, 0.2) is 5.82 Å². The first kappa shape index (κ1) is 12.1. The summed E-state index contributed by atoms with van der Waals surface area (Å²) in [7, 11) is 1.70. The molecule has 1 heterocycles. The summed E-state index contributed by atoms with van der Waals surface area (Å²) >= 11 is 0. The second kappa shape index (κ2) is 6.47. The van der Waals surface area contributed by atoms with Crippen molar-refractivity contribution in [2.45, 2.75) is 32.9 Å². The van der Waals surface area contributed by atoms with Crippen LogP contribution in [0.2, 0.25) is 0 Å². The third-order valence-corrected chi connectivity index (χ3v) is 2.25. The smallest absolute Gasteiger partial charge is 0.165 e. The van der Waals surface area contributed by atoms with E-state index in [9.17, 15) is 0 Å². The average molecular weight is 213 g/mol. The van der Waals surface area contributed by atoms with Gasteiger partial charge in [0.2, 0.25) is 0 Å². The van der Waals surface area contributed by atoms with Crippen LogP contribution in [-0.4, -0.2) is 40.5 Å². The molecule has 0 aromatic carbocycles. The summed E-state index contributed by atoms with van der Waals surface area (Å²) in [5, 5.41) is 14.9. The molecule has 0 saturated carbocycles. The number of rotatable bonds is 7. The highest BCUT2D eigenvalue weighted by atomic mass is 16.5. The van der Waals surface area contributed by atoms with Gasteiger partial charge >= 0.3 is 0 Å². The normalized spacial score (nSPS) is 13.0. The van der Waals surface area contributed by atoms with E-state index in [2.05, 4.69) is 34.7 Å². The van der Waals surface area contributed by atoms with E-state index in [1.807, 2.05) is 4.68 Å². The number of nitrogens with one attached hydrogen (secondary N) is 1. The number of ether oxygens (including phenoxy) is 1. The van der Waals surface area contributed by atoms with E-state index in [1.165, 1.54) is 0 Å². The Morgan fingerprint density at radius 3 is 3.00 bits per heavy atom. The summed E-state index contributed by atoms with van der Waals surface area (Å²) in [5.74, 6) is 0.875. The summed E-state index contributed by atoms with van der Waals surface area (Å²) in [4.78, 5) is 0. The fourth-order valence-corrected chi connectivity index (χ4v) is 1.32. The summed E-state index contributed by atoms with van der Waals surface area (Å²) in [6.07, 6.45) is 0.917. The third-order valence-electron chi connectivity index (χ3n) is 2.25. The quantitative estimate of drug-likeness (QED) is 0.709. The van der Waals surface area contributed by atoms with Crippen LogP contribution in [0.5, 0.6) is 0 Å². The second-order valence-electron chi connectivity index (χ2n) is 3.45. The molecular formula is C9H19N5O. The first-order chi connectivity index (χ1) is 7.29. The molecule has 0 aliphatic heterocycles. The van der Waals surface area contributed by atoms with Gasteiger partial charge in [0, 0.05) is 13.7 Å². The van der Waals surface area contributed by atoms with Crippen LogP contribution >= 0.6 is 0 Å². The van der Waals surface area contributed by atoms with Gasteiger partial charge in [0.05, 0.1) is 12.6 Å². The molecule has 0 spiro atoms. The van der Waals surface area contributed by atoms with Crippen molar-refractivity contribution in [1.29, 1.82) is 0 Å². The van der Waals surface area contributed by atoms with E-state index in [-0.39, 0.29) is 6.04 Å². The zero-order chi connectivity index (χ0) is 11.1. The van der Waals surface area contributed by atoms with E-state index in [1.54, 1.807) is 7.11 Å². The van der Waals surface area contributed by atoms with Crippen LogP contribution in [0.25, 0.3) is 0 Å². The second-order valence-corrected chi connectivity index (χ2v) is 3.45. The van der Waals surface area contributed by atoms with Crippen LogP contribution < -0.4 is 5.32 Å². The molecule has 1 atom stereocenters. The fourth-order valence-electron chi connectivity index (χ4n) is 1.32. The summed E-state index contributed by atoms with van der Waals surface area (Å²) in [5.41, 5.74) is 0. The van der Waals surface area contributed by atoms with Crippen LogP contribution in [0.1, 0.15) is 32.1 Å². The van der Waals surface area contributed by atoms with E-state index < -0.39 is 0 Å². The Labute approximate surface area is 90.0 Å². The van der Waals surface area contributed by atoms with Gasteiger partial charge < -0.3 is 10.1 Å². The van der Waals surface area contributed by atoms with Crippen LogP contribution in [0.15, 0.2) is 0 Å². The number of hydrogen-bond acceptors (Lipinski definition) is 5. The number of aromatic nitrogens is 4. The van der Waals surface area contributed by atoms with Crippen LogP contribution in [0.4, 0.5) is 0 Å². The first-order valence-electron chi connectivity index (χ1n) is 5.26. The molecule has 1 N–H and O–H groups in total. The molecule has 0 saturated heterocycles. The maximum absolute atomic E-state index is 5.03. The Balaban J connectivity index is 2.54. The molecule has 0 amide bonds. The van der Waals surface area contributed by atoms with Crippen molar-refractivity contribution in [3.63, 3.8) is 0 Å². The molecule has 1 rings (SSSR count). The Morgan fingerprint density at radius 2 is 2.33 bits per heavy atom. The Bertz CT molecular complexity index is 275. The summed E-state index contributed by atoms with van der Waals surface area (Å²) in [6, 6.07) is 0.272. The lowest BCUT2D eigenvalue weighted by molar-refractivity contribution is 0.177. The minimum absolute atomic E-state index is 0.272. The summed E-state index contributed by atoms with van der Waals surface area (Å²) in [6.45, 7) is 6.50. The third kappa shape index (κ3) is 3.56. The van der Waals surface area contributed by atoms with Gasteiger partial charge in [-0.2, -0.15) is 0 Å². The molecule has 86 valence electrons. The minimum atomic E-state index is 0.272. The highest BCUT2D eigenvalue weighted by Gasteiger charge is 2.11. The standard InChI is InChI=1S/C9H19N5O/c1-4-10-7-9-11-12-13-14(9)8(2)5-6-15-3/h8,10H,4-7H2,1-3H3. The van der Waals surface area contributed by atoms with E-state index >= 15 is 0 Å². The molecule has 0 fully saturated rings. The molecule has 1 aromatic heterocycles. The molecule has 6 heteroatoms. The fraction of sp³-hybridized carbons (Fsp3) is 0.889. The molecule has 6 nitrogen and oxygen atoms in total. The number of nitrogens with zero attached hydrogens (tertiary/aromatic N) is 4. The highest BCUT2D eigenvalue weighted by Crippen LogP contribution is 2.10. The van der Waals surface area contributed by atoms with Gasteiger partial charge in [0.1, 0.15) is 0 Å². The SMILES string of the molecule is CCNCc1nnnn1C(C)CCOC. The Kier molecular flexibility index (Phi) is 5.20. The molecular weight excluding hydrogens is 194 g/mol. The number of hydrogen-bond donors (Lipinski definition) is 1. The lowest BCUT2D eigenvalue weighted by Crippen LogP contribution is -2.19. The van der Waals surface area contributed by atoms with Crippen molar-refractivity contribution in [2.24, 2.45) is 0 Å². The lowest BCUT2D eigenvalue weighted by Gasteiger charge is -2.12. The van der Waals surface area contributed by atoms with Crippen molar-refractivity contribution in [3.8, 4) is 0 Å². The van der Waals surface area contributed by atoms with Crippen molar-refractivity contribution < 1.29 is 4.74 Å². The Hall–Kier alpha value is -1.01. The largest absolute Gasteiger partial charge is 0.385 e. The van der Waals surface area contributed by atoms with E-state index in [0.29, 0.717) is 6.54 Å².